The van der Waals surface area contributed by atoms with E-state index in [-0.39, 0.29) is 18.2 Å². The van der Waals surface area contributed by atoms with Crippen LogP contribution in [-0.2, 0) is 4.74 Å². The van der Waals surface area contributed by atoms with Crippen LogP contribution >= 0.6 is 0 Å². The Balaban J connectivity index is 1.15. The number of carbonyl (C=O) groups is 1. The molecule has 2 aliphatic heterocycles. The lowest BCUT2D eigenvalue weighted by Crippen LogP contribution is -2.51. The molecule has 148 valence electrons. The summed E-state index contributed by atoms with van der Waals surface area (Å²) < 4.78 is 5.94. The molecule has 4 fully saturated rings. The second kappa shape index (κ2) is 8.47. The Morgan fingerprint density at radius 1 is 1.00 bits per heavy atom. The fourth-order valence-corrected chi connectivity index (χ4v) is 5.72. The monoisotopic (exact) mass is 363 g/mol. The van der Waals surface area contributed by atoms with Crippen LogP contribution < -0.4 is 11.1 Å². The molecule has 5 heteroatoms. The van der Waals surface area contributed by atoms with Gasteiger partial charge in [-0.25, -0.2) is 4.79 Å². The van der Waals surface area contributed by atoms with Gasteiger partial charge in [0.15, 0.2) is 0 Å². The molecule has 2 amide bonds. The molecular formula is C21H37N3O2. The first-order chi connectivity index (χ1) is 12.7. The summed E-state index contributed by atoms with van der Waals surface area (Å²) in [4.78, 5) is 14.5. The molecule has 0 aromatic heterocycles. The number of ether oxygens (including phenoxy) is 1. The summed E-state index contributed by atoms with van der Waals surface area (Å²) in [5.74, 6) is 3.11. The average Bonchev–Trinajstić information content (AvgIpc) is 3.47. The fraction of sp³-hybridized carbons (Fsp3) is 0.952. The minimum atomic E-state index is 0.145. The molecule has 4 aliphatic rings. The summed E-state index contributed by atoms with van der Waals surface area (Å²) in [6.07, 6.45) is 12.9. The molecule has 5 nitrogen and oxygen atoms in total. The molecule has 2 aliphatic carbocycles. The van der Waals surface area contributed by atoms with Crippen LogP contribution in [0.1, 0.15) is 64.2 Å². The quantitative estimate of drug-likeness (QED) is 0.806. The van der Waals surface area contributed by atoms with E-state index in [4.69, 9.17) is 10.5 Å². The van der Waals surface area contributed by atoms with Crippen molar-refractivity contribution in [3.63, 3.8) is 0 Å². The number of nitrogens with zero attached hydrogens (tertiary/aromatic N) is 1. The number of nitrogens with two attached hydrogens (primary N) is 1. The van der Waals surface area contributed by atoms with Gasteiger partial charge in [-0.15, -0.1) is 0 Å². The molecule has 2 unspecified atom stereocenters. The third kappa shape index (κ3) is 4.36. The van der Waals surface area contributed by atoms with Gasteiger partial charge in [-0.3, -0.25) is 0 Å². The number of likely N-dealkylation sites (tertiary alicyclic amines) is 1. The Kier molecular flexibility index (Phi) is 6.04. The van der Waals surface area contributed by atoms with E-state index in [9.17, 15) is 4.79 Å². The lowest BCUT2D eigenvalue weighted by atomic mass is 9.85. The van der Waals surface area contributed by atoms with Crippen LogP contribution in [0.4, 0.5) is 4.79 Å². The molecule has 4 atom stereocenters. The molecule has 2 heterocycles. The first-order valence-electron chi connectivity index (χ1n) is 11.1. The summed E-state index contributed by atoms with van der Waals surface area (Å²) in [5, 5.41) is 3.22. The largest absolute Gasteiger partial charge is 0.376 e. The molecule has 0 bridgehead atoms. The normalized spacial score (nSPS) is 36.7. The topological polar surface area (TPSA) is 67.6 Å². The van der Waals surface area contributed by atoms with E-state index >= 15 is 0 Å². The zero-order chi connectivity index (χ0) is 17.9. The van der Waals surface area contributed by atoms with Gasteiger partial charge in [0.1, 0.15) is 0 Å². The summed E-state index contributed by atoms with van der Waals surface area (Å²) >= 11 is 0. The van der Waals surface area contributed by atoms with Crippen molar-refractivity contribution in [2.45, 2.75) is 76.4 Å². The fourth-order valence-electron chi connectivity index (χ4n) is 5.72. The average molecular weight is 364 g/mol. The number of hydrogen-bond acceptors (Lipinski definition) is 3. The highest BCUT2D eigenvalue weighted by atomic mass is 16.5. The van der Waals surface area contributed by atoms with Gasteiger partial charge in [-0.2, -0.15) is 0 Å². The Bertz CT molecular complexity index is 472. The highest BCUT2D eigenvalue weighted by Crippen LogP contribution is 2.48. The van der Waals surface area contributed by atoms with Crippen molar-refractivity contribution in [3.8, 4) is 0 Å². The lowest BCUT2D eigenvalue weighted by Gasteiger charge is -2.40. The third-order valence-electron chi connectivity index (χ3n) is 7.45. The van der Waals surface area contributed by atoms with E-state index < -0.39 is 0 Å². The van der Waals surface area contributed by atoms with Gasteiger partial charge < -0.3 is 20.7 Å². The zero-order valence-electron chi connectivity index (χ0n) is 16.2. The smallest absolute Gasteiger partial charge is 0.317 e. The predicted molar refractivity (Wildman–Crippen MR) is 103 cm³/mol. The minimum Gasteiger partial charge on any atom is -0.376 e. The summed E-state index contributed by atoms with van der Waals surface area (Å²) in [7, 11) is 0. The Labute approximate surface area is 158 Å². The number of piperidine rings is 1. The third-order valence-corrected chi connectivity index (χ3v) is 7.45. The van der Waals surface area contributed by atoms with Crippen LogP contribution in [0.2, 0.25) is 0 Å². The van der Waals surface area contributed by atoms with Crippen molar-refractivity contribution in [3.05, 3.63) is 0 Å². The number of carbonyl (C=O) groups excluding carboxylic acids is 1. The molecule has 26 heavy (non-hydrogen) atoms. The molecule has 0 spiro atoms. The molecule has 2 saturated carbocycles. The van der Waals surface area contributed by atoms with E-state index in [1.165, 1.54) is 38.5 Å². The standard InChI is InChI=1S/C21H37N3O2/c22-19-7-4-12-26-20(19)16-8-10-24(11-9-16)21(25)23-14-17-13-18(17)15-5-2-1-3-6-15/h15-20H,1-14,22H2,(H,23,25)/t17-,18-,19?,20?/m0/s1. The highest BCUT2D eigenvalue weighted by Gasteiger charge is 2.43. The van der Waals surface area contributed by atoms with Crippen LogP contribution in [0.25, 0.3) is 0 Å². The summed E-state index contributed by atoms with van der Waals surface area (Å²) in [5.41, 5.74) is 6.25. The van der Waals surface area contributed by atoms with Crippen LogP contribution in [0, 0.1) is 23.7 Å². The van der Waals surface area contributed by atoms with E-state index in [0.717, 1.165) is 69.7 Å². The van der Waals surface area contributed by atoms with Crippen molar-refractivity contribution in [1.29, 1.82) is 0 Å². The van der Waals surface area contributed by atoms with Gasteiger partial charge in [0.25, 0.3) is 0 Å². The molecule has 0 aromatic rings. The van der Waals surface area contributed by atoms with Gasteiger partial charge in [-0.1, -0.05) is 32.1 Å². The Morgan fingerprint density at radius 2 is 1.77 bits per heavy atom. The highest BCUT2D eigenvalue weighted by molar-refractivity contribution is 5.74. The second-order valence-corrected chi connectivity index (χ2v) is 9.21. The van der Waals surface area contributed by atoms with E-state index in [1.54, 1.807) is 0 Å². The minimum absolute atomic E-state index is 0.145. The molecule has 0 aromatic carbocycles. The van der Waals surface area contributed by atoms with Gasteiger partial charge in [0.05, 0.1) is 6.10 Å². The SMILES string of the molecule is NC1CCCOC1C1CCN(C(=O)NC[C@@H]2C[C@H]2C2CCCCC2)CC1. The first kappa shape index (κ1) is 18.5. The number of amides is 2. The van der Waals surface area contributed by atoms with Crippen LogP contribution in [0.5, 0.6) is 0 Å². The number of hydrogen-bond donors (Lipinski definition) is 2. The number of urea groups is 1. The first-order valence-corrected chi connectivity index (χ1v) is 11.1. The Morgan fingerprint density at radius 3 is 2.50 bits per heavy atom. The van der Waals surface area contributed by atoms with Crippen LogP contribution in [0.3, 0.4) is 0 Å². The molecule has 3 N–H and O–H groups in total. The molecule has 2 saturated heterocycles. The maximum atomic E-state index is 12.5. The number of rotatable bonds is 4. The van der Waals surface area contributed by atoms with E-state index in [1.807, 2.05) is 4.90 Å². The maximum absolute atomic E-state index is 12.5. The van der Waals surface area contributed by atoms with E-state index in [2.05, 4.69) is 5.32 Å². The molecule has 4 rings (SSSR count). The van der Waals surface area contributed by atoms with Gasteiger partial charge in [0.2, 0.25) is 0 Å². The van der Waals surface area contributed by atoms with Gasteiger partial charge in [0, 0.05) is 32.3 Å². The second-order valence-electron chi connectivity index (χ2n) is 9.21. The van der Waals surface area contributed by atoms with Crippen molar-refractivity contribution in [2.24, 2.45) is 29.4 Å². The van der Waals surface area contributed by atoms with Gasteiger partial charge in [-0.05, 0) is 55.8 Å². The predicted octanol–water partition coefficient (Wildman–Crippen LogP) is 3.13. The van der Waals surface area contributed by atoms with Crippen molar-refractivity contribution >= 4 is 6.03 Å². The van der Waals surface area contributed by atoms with Crippen molar-refractivity contribution in [2.75, 3.05) is 26.2 Å². The summed E-state index contributed by atoms with van der Waals surface area (Å²) in [6, 6.07) is 0.326. The van der Waals surface area contributed by atoms with Crippen LogP contribution in [0.15, 0.2) is 0 Å². The maximum Gasteiger partial charge on any atom is 0.317 e. The van der Waals surface area contributed by atoms with Crippen molar-refractivity contribution in [1.82, 2.24) is 10.2 Å². The summed E-state index contributed by atoms with van der Waals surface area (Å²) in [6.45, 7) is 3.43. The zero-order valence-corrected chi connectivity index (χ0v) is 16.2. The molecular weight excluding hydrogens is 326 g/mol. The number of nitrogens with one attached hydrogen (secondary N) is 1. The van der Waals surface area contributed by atoms with E-state index in [0.29, 0.717) is 5.92 Å². The van der Waals surface area contributed by atoms with Crippen molar-refractivity contribution < 1.29 is 9.53 Å². The van der Waals surface area contributed by atoms with Crippen LogP contribution in [-0.4, -0.2) is 49.3 Å². The Hall–Kier alpha value is -0.810. The molecule has 0 radical (unpaired) electrons. The lowest BCUT2D eigenvalue weighted by molar-refractivity contribution is -0.0471. The van der Waals surface area contributed by atoms with Gasteiger partial charge >= 0.3 is 6.03 Å².